The Balaban J connectivity index is 4.03. The number of aliphatic hydroxyl groups is 2. The van der Waals surface area contributed by atoms with Crippen molar-refractivity contribution in [2.45, 2.75) is 205 Å². The summed E-state index contributed by atoms with van der Waals surface area (Å²) < 4.78 is 0. The number of rotatable bonds is 34. The van der Waals surface area contributed by atoms with Crippen LogP contribution < -0.4 is 0 Å². The first kappa shape index (κ1) is 43.2. The van der Waals surface area contributed by atoms with Gasteiger partial charge in [0.25, 0.3) is 5.60 Å². The van der Waals surface area contributed by atoms with E-state index in [-0.39, 0.29) is 12.8 Å². The molecule has 0 spiro atoms. The van der Waals surface area contributed by atoms with Crippen LogP contribution >= 0.6 is 0 Å². The minimum Gasteiger partial charge on any atom is -0.479 e. The highest BCUT2D eigenvalue weighted by Gasteiger charge is 2.52. The fraction of sp³-hybridized carbons (Fsp3) is 0.821. The van der Waals surface area contributed by atoms with Gasteiger partial charge in [0, 0.05) is 12.8 Å². The average Bonchev–Trinajstić information content (AvgIpc) is 3.03. The molecule has 0 aromatic carbocycles. The number of carboxylic acids is 1. The zero-order chi connectivity index (χ0) is 33.4. The maximum Gasteiger partial charge on any atom is 0.346 e. The predicted molar refractivity (Wildman–Crippen MR) is 188 cm³/mol. The van der Waals surface area contributed by atoms with Gasteiger partial charge in [0.1, 0.15) is 0 Å². The molecule has 6 heteroatoms. The van der Waals surface area contributed by atoms with E-state index in [1.165, 1.54) is 77.0 Å². The smallest absolute Gasteiger partial charge is 0.346 e. The van der Waals surface area contributed by atoms with Gasteiger partial charge in [0.15, 0.2) is 17.7 Å². The second-order valence-electron chi connectivity index (χ2n) is 13.0. The second kappa shape index (κ2) is 30.8. The molecule has 262 valence electrons. The van der Waals surface area contributed by atoms with Crippen molar-refractivity contribution in [3.8, 4) is 0 Å². The molecule has 6 nitrogen and oxygen atoms in total. The SMILES string of the molecule is CCCCCCCC/C=C\CCCCCCCC(=O)C(O)C(O)(C(=O)O)C(=O)CCCCCCC/C=C\CCCCCCCC. The quantitative estimate of drug-likeness (QED) is 0.0369. The van der Waals surface area contributed by atoms with E-state index in [2.05, 4.69) is 38.2 Å². The molecule has 0 bridgehead atoms. The summed E-state index contributed by atoms with van der Waals surface area (Å²) in [5, 5.41) is 30.6. The number of carboxylic acid groups (broad SMARTS) is 1. The first-order chi connectivity index (χ1) is 21.8. The van der Waals surface area contributed by atoms with Crippen LogP contribution in [0, 0.1) is 0 Å². The van der Waals surface area contributed by atoms with Crippen LogP contribution in [0.2, 0.25) is 0 Å². The highest BCUT2D eigenvalue weighted by Crippen LogP contribution is 2.21. The summed E-state index contributed by atoms with van der Waals surface area (Å²) in [6.45, 7) is 4.47. The zero-order valence-electron chi connectivity index (χ0n) is 29.3. The Hall–Kier alpha value is -1.79. The van der Waals surface area contributed by atoms with E-state index in [9.17, 15) is 29.7 Å². The van der Waals surface area contributed by atoms with Crippen molar-refractivity contribution in [1.29, 1.82) is 0 Å². The Labute approximate surface area is 276 Å². The minimum atomic E-state index is -3.07. The van der Waals surface area contributed by atoms with E-state index in [1.807, 2.05) is 0 Å². The molecule has 0 radical (unpaired) electrons. The number of aliphatic hydroxyl groups excluding tert-OH is 1. The molecule has 0 amide bonds. The lowest BCUT2D eigenvalue weighted by Gasteiger charge is -2.26. The third-order valence-electron chi connectivity index (χ3n) is 8.80. The van der Waals surface area contributed by atoms with Crippen LogP contribution in [0.4, 0.5) is 0 Å². The standard InChI is InChI=1S/C39H70O6/c1-3-5-7-9-11-13-15-17-19-21-23-25-27-29-31-33-35(40)37(42)39(45,38(43)44)36(41)34-32-30-28-26-24-22-20-18-16-14-12-10-8-6-4-2/h17-20,37,42,45H,3-16,21-34H2,1-2H3,(H,43,44)/b19-17-,20-18-. The number of aliphatic carboxylic acids is 1. The zero-order valence-corrected chi connectivity index (χ0v) is 29.3. The van der Waals surface area contributed by atoms with Crippen LogP contribution in [-0.2, 0) is 14.4 Å². The van der Waals surface area contributed by atoms with E-state index >= 15 is 0 Å². The lowest BCUT2D eigenvalue weighted by atomic mass is 9.85. The monoisotopic (exact) mass is 635 g/mol. The molecular formula is C39H70O6. The number of unbranched alkanes of at least 4 members (excludes halogenated alkanes) is 22. The van der Waals surface area contributed by atoms with Crippen molar-refractivity contribution in [2.24, 2.45) is 0 Å². The van der Waals surface area contributed by atoms with Gasteiger partial charge in [0.2, 0.25) is 0 Å². The lowest BCUT2D eigenvalue weighted by molar-refractivity contribution is -0.180. The summed E-state index contributed by atoms with van der Waals surface area (Å²) in [5.41, 5.74) is -3.07. The molecule has 0 aromatic rings. The van der Waals surface area contributed by atoms with Gasteiger partial charge in [-0.05, 0) is 64.2 Å². The van der Waals surface area contributed by atoms with Gasteiger partial charge < -0.3 is 15.3 Å². The van der Waals surface area contributed by atoms with Crippen molar-refractivity contribution < 1.29 is 29.7 Å². The molecule has 0 heterocycles. The molecule has 3 N–H and O–H groups in total. The number of allylic oxidation sites excluding steroid dienone is 4. The number of Topliss-reactive ketones (excluding diaryl/α,β-unsaturated/α-hetero) is 2. The number of ketones is 2. The molecule has 0 aliphatic heterocycles. The maximum atomic E-state index is 12.6. The van der Waals surface area contributed by atoms with Gasteiger partial charge in [-0.15, -0.1) is 0 Å². The summed E-state index contributed by atoms with van der Waals surface area (Å²) in [4.78, 5) is 36.9. The Bertz CT molecular complexity index is 788. The molecule has 0 saturated carbocycles. The van der Waals surface area contributed by atoms with Crippen molar-refractivity contribution in [3.63, 3.8) is 0 Å². The average molecular weight is 635 g/mol. The Kier molecular flexibility index (Phi) is 29.6. The van der Waals surface area contributed by atoms with Crippen molar-refractivity contribution in [3.05, 3.63) is 24.3 Å². The molecule has 0 saturated heterocycles. The molecule has 2 unspecified atom stereocenters. The van der Waals surface area contributed by atoms with E-state index in [0.29, 0.717) is 12.8 Å². The summed E-state index contributed by atoms with van der Waals surface area (Å²) in [7, 11) is 0. The van der Waals surface area contributed by atoms with Gasteiger partial charge in [0.05, 0.1) is 0 Å². The molecule has 0 fully saturated rings. The van der Waals surface area contributed by atoms with E-state index in [1.54, 1.807) is 0 Å². The number of hydrogen-bond donors (Lipinski definition) is 3. The second-order valence-corrected chi connectivity index (χ2v) is 13.0. The van der Waals surface area contributed by atoms with Crippen molar-refractivity contribution in [1.82, 2.24) is 0 Å². The summed E-state index contributed by atoms with van der Waals surface area (Å²) in [6.07, 6.45) is 35.3. The third kappa shape index (κ3) is 23.2. The molecular weight excluding hydrogens is 564 g/mol. The highest BCUT2D eigenvalue weighted by atomic mass is 16.4. The van der Waals surface area contributed by atoms with E-state index in [4.69, 9.17) is 0 Å². The lowest BCUT2D eigenvalue weighted by Crippen LogP contribution is -2.58. The van der Waals surface area contributed by atoms with E-state index in [0.717, 1.165) is 77.0 Å². The fourth-order valence-corrected chi connectivity index (χ4v) is 5.68. The highest BCUT2D eigenvalue weighted by molar-refractivity contribution is 6.11. The van der Waals surface area contributed by atoms with Gasteiger partial charge >= 0.3 is 5.97 Å². The summed E-state index contributed by atoms with van der Waals surface area (Å²) >= 11 is 0. The van der Waals surface area contributed by atoms with Gasteiger partial charge in [-0.3, -0.25) is 9.59 Å². The van der Waals surface area contributed by atoms with Crippen molar-refractivity contribution in [2.75, 3.05) is 0 Å². The van der Waals surface area contributed by atoms with Crippen LogP contribution in [0.1, 0.15) is 194 Å². The molecule has 0 rings (SSSR count). The molecule has 45 heavy (non-hydrogen) atoms. The Morgan fingerprint density at radius 2 is 0.822 bits per heavy atom. The molecule has 2 atom stereocenters. The topological polar surface area (TPSA) is 112 Å². The van der Waals surface area contributed by atoms with Gasteiger partial charge in [-0.25, -0.2) is 4.79 Å². The Morgan fingerprint density at radius 1 is 0.511 bits per heavy atom. The number of carbonyl (C=O) groups excluding carboxylic acids is 2. The normalized spacial score (nSPS) is 13.9. The van der Waals surface area contributed by atoms with Crippen LogP contribution in [0.3, 0.4) is 0 Å². The first-order valence-electron chi connectivity index (χ1n) is 18.8. The molecule has 0 aliphatic rings. The van der Waals surface area contributed by atoms with Gasteiger partial charge in [-0.2, -0.15) is 0 Å². The summed E-state index contributed by atoms with van der Waals surface area (Å²) in [6, 6.07) is 0. The van der Waals surface area contributed by atoms with Crippen molar-refractivity contribution >= 4 is 17.5 Å². The van der Waals surface area contributed by atoms with Crippen LogP contribution in [0.15, 0.2) is 24.3 Å². The predicted octanol–water partition coefficient (Wildman–Crippen LogP) is 10.4. The first-order valence-corrected chi connectivity index (χ1v) is 18.8. The third-order valence-corrected chi connectivity index (χ3v) is 8.80. The summed E-state index contributed by atoms with van der Waals surface area (Å²) in [5.74, 6) is -3.63. The van der Waals surface area contributed by atoms with Gasteiger partial charge in [-0.1, -0.05) is 141 Å². The van der Waals surface area contributed by atoms with Crippen LogP contribution in [0.25, 0.3) is 0 Å². The van der Waals surface area contributed by atoms with E-state index < -0.39 is 29.2 Å². The fourth-order valence-electron chi connectivity index (χ4n) is 5.68. The maximum absolute atomic E-state index is 12.6. The number of carbonyl (C=O) groups is 3. The van der Waals surface area contributed by atoms with Crippen LogP contribution in [-0.4, -0.2) is 44.6 Å². The molecule has 0 aliphatic carbocycles. The number of hydrogen-bond acceptors (Lipinski definition) is 5. The Morgan fingerprint density at radius 3 is 1.18 bits per heavy atom. The molecule has 0 aromatic heterocycles. The minimum absolute atomic E-state index is 0.0460. The largest absolute Gasteiger partial charge is 0.479 e. The van der Waals surface area contributed by atoms with Crippen LogP contribution in [0.5, 0.6) is 0 Å².